The van der Waals surface area contributed by atoms with Crippen LogP contribution in [0.5, 0.6) is 0 Å². The maximum absolute atomic E-state index is 11.8. The van der Waals surface area contributed by atoms with Gasteiger partial charge in [0.15, 0.2) is 0 Å². The number of carbonyl (C=O) groups is 1. The smallest absolute Gasteiger partial charge is 0.242 e. The highest BCUT2D eigenvalue weighted by molar-refractivity contribution is 6.29. The van der Waals surface area contributed by atoms with E-state index in [1.165, 1.54) is 0 Å². The predicted octanol–water partition coefficient (Wildman–Crippen LogP) is 2.33. The van der Waals surface area contributed by atoms with E-state index in [-0.39, 0.29) is 11.9 Å². The zero-order chi connectivity index (χ0) is 13.8. The van der Waals surface area contributed by atoms with Gasteiger partial charge in [-0.15, -0.1) is 0 Å². The minimum Gasteiger partial charge on any atom is -0.358 e. The summed E-state index contributed by atoms with van der Waals surface area (Å²) in [4.78, 5) is 20.4. The first-order chi connectivity index (χ1) is 9.10. The molecule has 5 nitrogen and oxygen atoms in total. The number of rotatable bonds is 6. The highest BCUT2D eigenvalue weighted by Crippen LogP contribution is 2.38. The van der Waals surface area contributed by atoms with E-state index in [1.807, 2.05) is 6.92 Å². The van der Waals surface area contributed by atoms with Crippen LogP contribution in [0.3, 0.4) is 0 Å². The lowest BCUT2D eigenvalue weighted by Crippen LogP contribution is -2.38. The van der Waals surface area contributed by atoms with Crippen molar-refractivity contribution in [2.45, 2.75) is 45.1 Å². The van der Waals surface area contributed by atoms with Crippen molar-refractivity contribution in [2.24, 2.45) is 0 Å². The van der Waals surface area contributed by atoms with E-state index in [1.54, 1.807) is 13.0 Å². The molecule has 0 radical (unpaired) electrons. The minimum atomic E-state index is -0.343. The van der Waals surface area contributed by atoms with Crippen LogP contribution < -0.4 is 10.6 Å². The Labute approximate surface area is 118 Å². The lowest BCUT2D eigenvalue weighted by molar-refractivity contribution is -0.121. The fourth-order valence-corrected chi connectivity index (χ4v) is 1.91. The van der Waals surface area contributed by atoms with Gasteiger partial charge in [-0.05, 0) is 26.2 Å². The van der Waals surface area contributed by atoms with Gasteiger partial charge in [-0.1, -0.05) is 18.5 Å². The Bertz CT molecular complexity index is 462. The van der Waals surface area contributed by atoms with Gasteiger partial charge in [0, 0.05) is 18.5 Å². The van der Waals surface area contributed by atoms with Gasteiger partial charge in [0.25, 0.3) is 0 Å². The van der Waals surface area contributed by atoms with Gasteiger partial charge in [-0.25, -0.2) is 9.97 Å². The molecule has 104 valence electrons. The van der Waals surface area contributed by atoms with E-state index >= 15 is 0 Å². The average Bonchev–Trinajstić information content (AvgIpc) is 3.19. The molecule has 1 fully saturated rings. The summed E-state index contributed by atoms with van der Waals surface area (Å²) >= 11 is 5.98. The van der Waals surface area contributed by atoms with Crippen molar-refractivity contribution < 1.29 is 4.79 Å². The zero-order valence-electron chi connectivity index (χ0n) is 11.2. The summed E-state index contributed by atoms with van der Waals surface area (Å²) in [7, 11) is 0. The number of aromatic nitrogens is 2. The third-order valence-corrected chi connectivity index (χ3v) is 3.16. The van der Waals surface area contributed by atoms with Gasteiger partial charge in [0.2, 0.25) is 5.91 Å². The summed E-state index contributed by atoms with van der Waals surface area (Å²) < 4.78 is 0. The molecule has 1 aliphatic rings. The first-order valence-corrected chi connectivity index (χ1v) is 7.06. The Morgan fingerprint density at radius 1 is 1.53 bits per heavy atom. The number of nitrogens with one attached hydrogen (secondary N) is 2. The Morgan fingerprint density at radius 3 is 2.89 bits per heavy atom. The zero-order valence-corrected chi connectivity index (χ0v) is 12.0. The van der Waals surface area contributed by atoms with Crippen molar-refractivity contribution in [1.29, 1.82) is 0 Å². The summed E-state index contributed by atoms with van der Waals surface area (Å²) in [5.41, 5.74) is 0. The fourth-order valence-electron chi connectivity index (χ4n) is 1.72. The topological polar surface area (TPSA) is 66.9 Å². The van der Waals surface area contributed by atoms with Crippen LogP contribution in [0.1, 0.15) is 44.9 Å². The molecule has 0 aliphatic heterocycles. The molecule has 1 unspecified atom stereocenters. The van der Waals surface area contributed by atoms with Crippen LogP contribution in [0.4, 0.5) is 5.82 Å². The molecule has 0 aromatic carbocycles. The number of nitrogens with zero attached hydrogens (tertiary/aromatic N) is 2. The Kier molecular flexibility index (Phi) is 4.58. The van der Waals surface area contributed by atoms with E-state index in [4.69, 9.17) is 11.6 Å². The first kappa shape index (κ1) is 14.1. The van der Waals surface area contributed by atoms with Crippen LogP contribution in [0, 0.1) is 0 Å². The molecule has 1 heterocycles. The second-order valence-electron chi connectivity index (χ2n) is 4.87. The predicted molar refractivity (Wildman–Crippen MR) is 75.4 cm³/mol. The molecule has 1 atom stereocenters. The van der Waals surface area contributed by atoms with Gasteiger partial charge in [-0.3, -0.25) is 4.79 Å². The van der Waals surface area contributed by atoms with Crippen molar-refractivity contribution in [3.63, 3.8) is 0 Å². The maximum Gasteiger partial charge on any atom is 0.242 e. The first-order valence-electron chi connectivity index (χ1n) is 6.69. The normalized spacial score (nSPS) is 15.9. The quantitative estimate of drug-likeness (QED) is 0.786. The van der Waals surface area contributed by atoms with Crippen LogP contribution >= 0.6 is 11.6 Å². The fraction of sp³-hybridized carbons (Fsp3) is 0.615. The lowest BCUT2D eigenvalue weighted by Gasteiger charge is -2.15. The largest absolute Gasteiger partial charge is 0.358 e. The monoisotopic (exact) mass is 282 g/mol. The Morgan fingerprint density at radius 2 is 2.26 bits per heavy atom. The van der Waals surface area contributed by atoms with Gasteiger partial charge in [0.05, 0.1) is 0 Å². The van der Waals surface area contributed by atoms with E-state index in [0.717, 1.165) is 25.1 Å². The third-order valence-electron chi connectivity index (χ3n) is 2.96. The van der Waals surface area contributed by atoms with Crippen LogP contribution in [0.2, 0.25) is 5.15 Å². The number of halogens is 1. The summed E-state index contributed by atoms with van der Waals surface area (Å²) in [6.07, 6.45) is 3.16. The van der Waals surface area contributed by atoms with E-state index < -0.39 is 0 Å². The SMILES string of the molecule is CCCNC(=O)C(C)Nc1cc(Cl)nc(C2CC2)n1. The molecule has 0 spiro atoms. The minimum absolute atomic E-state index is 0.0374. The van der Waals surface area contributed by atoms with E-state index in [0.29, 0.717) is 23.4 Å². The molecule has 19 heavy (non-hydrogen) atoms. The molecule has 6 heteroatoms. The lowest BCUT2D eigenvalue weighted by atomic mass is 10.3. The molecular weight excluding hydrogens is 264 g/mol. The highest BCUT2D eigenvalue weighted by atomic mass is 35.5. The van der Waals surface area contributed by atoms with Crippen LogP contribution in [-0.4, -0.2) is 28.5 Å². The van der Waals surface area contributed by atoms with Crippen molar-refractivity contribution in [2.75, 3.05) is 11.9 Å². The number of carbonyl (C=O) groups excluding carboxylic acids is 1. The van der Waals surface area contributed by atoms with Crippen molar-refractivity contribution in [3.8, 4) is 0 Å². The number of amides is 1. The standard InChI is InChI=1S/C13H19ClN4O/c1-3-6-15-13(19)8(2)16-11-7-10(14)17-12(18-11)9-4-5-9/h7-9H,3-6H2,1-2H3,(H,15,19)(H,16,17,18). The van der Waals surface area contributed by atoms with Gasteiger partial charge >= 0.3 is 0 Å². The summed E-state index contributed by atoms with van der Waals surface area (Å²) in [5, 5.41) is 6.32. The number of hydrogen-bond donors (Lipinski definition) is 2. The van der Waals surface area contributed by atoms with E-state index in [9.17, 15) is 4.79 Å². The van der Waals surface area contributed by atoms with Gasteiger partial charge < -0.3 is 10.6 Å². The van der Waals surface area contributed by atoms with Gasteiger partial charge in [0.1, 0.15) is 22.8 Å². The molecule has 1 saturated carbocycles. The van der Waals surface area contributed by atoms with Crippen molar-refractivity contribution in [1.82, 2.24) is 15.3 Å². The van der Waals surface area contributed by atoms with Crippen LogP contribution in [-0.2, 0) is 4.79 Å². The molecule has 2 N–H and O–H groups in total. The van der Waals surface area contributed by atoms with E-state index in [2.05, 4.69) is 20.6 Å². The summed E-state index contributed by atoms with van der Waals surface area (Å²) in [6, 6.07) is 1.31. The van der Waals surface area contributed by atoms with Crippen LogP contribution in [0.15, 0.2) is 6.07 Å². The second-order valence-corrected chi connectivity index (χ2v) is 5.25. The third kappa shape index (κ3) is 4.06. The molecular formula is C13H19ClN4O. The Hall–Kier alpha value is -1.36. The molecule has 2 rings (SSSR count). The highest BCUT2D eigenvalue weighted by Gasteiger charge is 2.27. The maximum atomic E-state index is 11.8. The summed E-state index contributed by atoms with van der Waals surface area (Å²) in [6.45, 7) is 4.50. The molecule has 0 bridgehead atoms. The molecule has 0 saturated heterocycles. The molecule has 1 aromatic rings. The Balaban J connectivity index is 1.99. The number of hydrogen-bond acceptors (Lipinski definition) is 4. The molecule has 1 aliphatic carbocycles. The average molecular weight is 283 g/mol. The number of anilines is 1. The molecule has 1 amide bonds. The second kappa shape index (κ2) is 6.19. The van der Waals surface area contributed by atoms with Crippen LogP contribution in [0.25, 0.3) is 0 Å². The van der Waals surface area contributed by atoms with Crippen molar-refractivity contribution >= 4 is 23.3 Å². The van der Waals surface area contributed by atoms with Gasteiger partial charge in [-0.2, -0.15) is 0 Å². The summed E-state index contributed by atoms with van der Waals surface area (Å²) in [5.74, 6) is 1.78. The van der Waals surface area contributed by atoms with Crippen molar-refractivity contribution in [3.05, 3.63) is 17.0 Å². The molecule has 1 aromatic heterocycles.